The lowest BCUT2D eigenvalue weighted by Gasteiger charge is -2.12. The van der Waals surface area contributed by atoms with Gasteiger partial charge in [-0.05, 0) is 13.0 Å². The summed E-state index contributed by atoms with van der Waals surface area (Å²) in [6, 6.07) is 1.19. The quantitative estimate of drug-likeness (QED) is 0.823. The van der Waals surface area contributed by atoms with E-state index in [0.29, 0.717) is 11.3 Å². The molecule has 94 valence electrons. The van der Waals surface area contributed by atoms with Gasteiger partial charge in [0.2, 0.25) is 0 Å². The lowest BCUT2D eigenvalue weighted by Crippen LogP contribution is -2.34. The topological polar surface area (TPSA) is 79.5 Å². The highest BCUT2D eigenvalue weighted by atomic mass is 16.4. The molecule has 0 spiro atoms. The van der Waals surface area contributed by atoms with E-state index in [4.69, 9.17) is 9.52 Å². The van der Waals surface area contributed by atoms with Crippen LogP contribution >= 0.6 is 0 Å². The number of furan rings is 1. The number of nitrogens with one attached hydrogen (secondary N) is 1. The van der Waals surface area contributed by atoms with Gasteiger partial charge in [0.15, 0.2) is 0 Å². The summed E-state index contributed by atoms with van der Waals surface area (Å²) >= 11 is 0. The first-order chi connectivity index (χ1) is 7.91. The third-order valence-corrected chi connectivity index (χ3v) is 2.32. The average Bonchev–Trinajstić information content (AvgIpc) is 2.63. The molecule has 1 rings (SSSR count). The number of aliphatic carboxylic acids is 1. The van der Waals surface area contributed by atoms with Gasteiger partial charge in [-0.3, -0.25) is 9.59 Å². The first-order valence-electron chi connectivity index (χ1n) is 5.51. The van der Waals surface area contributed by atoms with Crippen molar-refractivity contribution in [2.45, 2.75) is 39.2 Å². The number of hydrogen-bond acceptors (Lipinski definition) is 3. The van der Waals surface area contributed by atoms with E-state index in [0.717, 1.165) is 0 Å². The molecule has 0 saturated carbocycles. The monoisotopic (exact) mass is 239 g/mol. The van der Waals surface area contributed by atoms with Crippen LogP contribution in [0.4, 0.5) is 0 Å². The van der Waals surface area contributed by atoms with Crippen molar-refractivity contribution in [1.29, 1.82) is 0 Å². The summed E-state index contributed by atoms with van der Waals surface area (Å²) in [4.78, 5) is 22.3. The number of carboxylic acid groups (broad SMARTS) is 1. The van der Waals surface area contributed by atoms with Gasteiger partial charge in [-0.2, -0.15) is 0 Å². The van der Waals surface area contributed by atoms with Crippen molar-refractivity contribution in [3.63, 3.8) is 0 Å². The minimum Gasteiger partial charge on any atom is -0.481 e. The molecule has 5 nitrogen and oxygen atoms in total. The Hall–Kier alpha value is -1.78. The molecule has 1 atom stereocenters. The first kappa shape index (κ1) is 13.3. The van der Waals surface area contributed by atoms with Gasteiger partial charge >= 0.3 is 5.97 Å². The number of carbonyl (C=O) groups excluding carboxylic acids is 1. The number of hydrogen-bond donors (Lipinski definition) is 2. The summed E-state index contributed by atoms with van der Waals surface area (Å²) in [6.45, 7) is 5.51. The van der Waals surface area contributed by atoms with E-state index < -0.39 is 12.0 Å². The van der Waals surface area contributed by atoms with Gasteiger partial charge in [-0.15, -0.1) is 0 Å². The highest BCUT2D eigenvalue weighted by molar-refractivity contribution is 5.95. The number of amides is 1. The fraction of sp³-hybridized carbons (Fsp3) is 0.500. The molecule has 0 aromatic carbocycles. The SMILES string of the molecule is CC(CC(=O)O)NC(=O)c1ccoc1C(C)C. The Kier molecular flexibility index (Phi) is 4.31. The molecule has 1 amide bonds. The van der Waals surface area contributed by atoms with Crippen molar-refractivity contribution in [1.82, 2.24) is 5.32 Å². The molecule has 0 bridgehead atoms. The molecular weight excluding hydrogens is 222 g/mol. The Labute approximate surface area is 99.8 Å². The third kappa shape index (κ3) is 3.62. The molecule has 0 radical (unpaired) electrons. The maximum Gasteiger partial charge on any atom is 0.305 e. The highest BCUT2D eigenvalue weighted by Crippen LogP contribution is 2.20. The Bertz CT molecular complexity index is 408. The standard InChI is InChI=1S/C12H17NO4/c1-7(2)11-9(4-5-17-11)12(16)13-8(3)6-10(14)15/h4-5,7-8H,6H2,1-3H3,(H,13,16)(H,14,15). The Morgan fingerprint density at radius 1 is 1.41 bits per heavy atom. The van der Waals surface area contributed by atoms with Crippen molar-refractivity contribution in [3.8, 4) is 0 Å². The largest absolute Gasteiger partial charge is 0.481 e. The van der Waals surface area contributed by atoms with E-state index in [2.05, 4.69) is 5.32 Å². The zero-order valence-electron chi connectivity index (χ0n) is 10.2. The van der Waals surface area contributed by atoms with Crippen LogP contribution in [0.1, 0.15) is 49.2 Å². The van der Waals surface area contributed by atoms with Crippen LogP contribution in [0, 0.1) is 0 Å². The summed E-state index contributed by atoms with van der Waals surface area (Å²) in [6.07, 6.45) is 1.37. The van der Waals surface area contributed by atoms with E-state index in [9.17, 15) is 9.59 Å². The third-order valence-electron chi connectivity index (χ3n) is 2.32. The minimum absolute atomic E-state index is 0.0966. The molecule has 0 aliphatic carbocycles. The molecule has 1 aromatic rings. The summed E-state index contributed by atoms with van der Waals surface area (Å²) in [5, 5.41) is 11.2. The lowest BCUT2D eigenvalue weighted by molar-refractivity contribution is -0.137. The van der Waals surface area contributed by atoms with Crippen LogP contribution in [-0.2, 0) is 4.79 Å². The van der Waals surface area contributed by atoms with Crippen LogP contribution in [-0.4, -0.2) is 23.0 Å². The molecule has 1 unspecified atom stereocenters. The van der Waals surface area contributed by atoms with Crippen LogP contribution in [0.3, 0.4) is 0 Å². The van der Waals surface area contributed by atoms with Crippen molar-refractivity contribution >= 4 is 11.9 Å². The first-order valence-corrected chi connectivity index (χ1v) is 5.51. The van der Waals surface area contributed by atoms with Gasteiger partial charge in [0.1, 0.15) is 5.76 Å². The summed E-state index contributed by atoms with van der Waals surface area (Å²) in [7, 11) is 0. The van der Waals surface area contributed by atoms with Crippen LogP contribution in [0.15, 0.2) is 16.7 Å². The highest BCUT2D eigenvalue weighted by Gasteiger charge is 2.19. The number of rotatable bonds is 5. The zero-order chi connectivity index (χ0) is 13.0. The molecule has 1 heterocycles. The van der Waals surface area contributed by atoms with Gasteiger partial charge in [0.05, 0.1) is 18.2 Å². The van der Waals surface area contributed by atoms with Crippen LogP contribution in [0.5, 0.6) is 0 Å². The van der Waals surface area contributed by atoms with Crippen LogP contribution in [0.25, 0.3) is 0 Å². The maximum atomic E-state index is 11.9. The van der Waals surface area contributed by atoms with E-state index in [1.54, 1.807) is 13.0 Å². The minimum atomic E-state index is -0.936. The normalized spacial score (nSPS) is 12.5. The van der Waals surface area contributed by atoms with Gasteiger partial charge in [0, 0.05) is 12.0 Å². The maximum absolute atomic E-state index is 11.9. The van der Waals surface area contributed by atoms with Gasteiger partial charge < -0.3 is 14.8 Å². The second-order valence-electron chi connectivity index (χ2n) is 4.33. The number of carboxylic acids is 1. The smallest absolute Gasteiger partial charge is 0.305 e. The summed E-state index contributed by atoms with van der Waals surface area (Å²) in [5.74, 6) is -0.504. The fourth-order valence-electron chi connectivity index (χ4n) is 1.57. The predicted molar refractivity (Wildman–Crippen MR) is 62.0 cm³/mol. The molecule has 2 N–H and O–H groups in total. The van der Waals surface area contributed by atoms with Gasteiger partial charge in [-0.1, -0.05) is 13.8 Å². The van der Waals surface area contributed by atoms with E-state index in [1.807, 2.05) is 13.8 Å². The van der Waals surface area contributed by atoms with Crippen LogP contribution < -0.4 is 5.32 Å². The molecule has 0 saturated heterocycles. The van der Waals surface area contributed by atoms with Crippen molar-refractivity contribution < 1.29 is 19.1 Å². The van der Waals surface area contributed by atoms with Gasteiger partial charge in [-0.25, -0.2) is 0 Å². The lowest BCUT2D eigenvalue weighted by atomic mass is 10.1. The zero-order valence-corrected chi connectivity index (χ0v) is 10.2. The van der Waals surface area contributed by atoms with E-state index in [1.165, 1.54) is 6.26 Å². The van der Waals surface area contributed by atoms with Crippen molar-refractivity contribution in [2.75, 3.05) is 0 Å². The molecular formula is C12H17NO4. The second-order valence-corrected chi connectivity index (χ2v) is 4.33. The molecule has 0 aliphatic heterocycles. The second kappa shape index (κ2) is 5.52. The van der Waals surface area contributed by atoms with E-state index in [-0.39, 0.29) is 18.2 Å². The molecule has 1 aromatic heterocycles. The average molecular weight is 239 g/mol. The summed E-state index contributed by atoms with van der Waals surface area (Å²) in [5.41, 5.74) is 0.470. The molecule has 0 fully saturated rings. The van der Waals surface area contributed by atoms with Gasteiger partial charge in [0.25, 0.3) is 5.91 Å². The molecule has 5 heteroatoms. The van der Waals surface area contributed by atoms with E-state index >= 15 is 0 Å². The summed E-state index contributed by atoms with van der Waals surface area (Å²) < 4.78 is 5.23. The number of carbonyl (C=O) groups is 2. The van der Waals surface area contributed by atoms with Crippen LogP contribution in [0.2, 0.25) is 0 Å². The van der Waals surface area contributed by atoms with Crippen molar-refractivity contribution in [2.24, 2.45) is 0 Å². The predicted octanol–water partition coefficient (Wildman–Crippen LogP) is 2.00. The molecule has 17 heavy (non-hydrogen) atoms. The Morgan fingerprint density at radius 3 is 2.59 bits per heavy atom. The fourth-order valence-corrected chi connectivity index (χ4v) is 1.57. The molecule has 0 aliphatic rings. The Morgan fingerprint density at radius 2 is 2.06 bits per heavy atom. The Balaban J connectivity index is 2.70. The van der Waals surface area contributed by atoms with Crippen molar-refractivity contribution in [3.05, 3.63) is 23.7 Å².